The van der Waals surface area contributed by atoms with Crippen LogP contribution in [0.4, 0.5) is 9.18 Å². The number of carbonyl (C=O) groups is 2. The average Bonchev–Trinajstić information content (AvgIpc) is 2.90. The fraction of sp³-hybridized carbons (Fsp3) is 0.545. The molecule has 0 radical (unpaired) electrons. The number of alkyl halides is 1. The number of hydrogen-bond acceptors (Lipinski definition) is 3. The molecule has 0 spiro atoms. The summed E-state index contributed by atoms with van der Waals surface area (Å²) in [6.45, 7) is 0.163. The van der Waals surface area contributed by atoms with Gasteiger partial charge >= 0.3 is 6.09 Å². The van der Waals surface area contributed by atoms with Crippen LogP contribution in [0.15, 0.2) is 12.3 Å². The van der Waals surface area contributed by atoms with Crippen molar-refractivity contribution in [1.29, 1.82) is 0 Å². The van der Waals surface area contributed by atoms with E-state index in [9.17, 15) is 14.0 Å². The second-order valence-corrected chi connectivity index (χ2v) is 4.57. The number of nitrogens with zero attached hydrogens (tertiary/aromatic N) is 2. The fourth-order valence-electron chi connectivity index (χ4n) is 1.99. The minimum absolute atomic E-state index is 0.0859. The first-order valence-corrected chi connectivity index (χ1v) is 5.94. The Balaban J connectivity index is 1.83. The predicted octanol–water partition coefficient (Wildman–Crippen LogP) is 0.622. The van der Waals surface area contributed by atoms with Crippen molar-refractivity contribution in [3.05, 3.63) is 18.0 Å². The van der Waals surface area contributed by atoms with E-state index in [1.807, 2.05) is 0 Å². The predicted molar refractivity (Wildman–Crippen MR) is 63.6 cm³/mol. The van der Waals surface area contributed by atoms with E-state index in [2.05, 4.69) is 15.5 Å². The minimum atomic E-state index is -1.55. The Morgan fingerprint density at radius 3 is 2.74 bits per heavy atom. The topological polar surface area (TPSA) is 98.3 Å². The Hall–Kier alpha value is -2.12. The van der Waals surface area contributed by atoms with Gasteiger partial charge in [-0.2, -0.15) is 5.10 Å². The van der Waals surface area contributed by atoms with Crippen LogP contribution >= 0.6 is 0 Å². The summed E-state index contributed by atoms with van der Waals surface area (Å²) >= 11 is 0. The fourth-order valence-corrected chi connectivity index (χ4v) is 1.99. The van der Waals surface area contributed by atoms with Crippen molar-refractivity contribution in [2.45, 2.75) is 18.5 Å². The number of aromatic nitrogens is 2. The molecule has 2 amide bonds. The van der Waals surface area contributed by atoms with Crippen molar-refractivity contribution in [2.75, 3.05) is 19.6 Å². The zero-order valence-corrected chi connectivity index (χ0v) is 10.2. The van der Waals surface area contributed by atoms with Gasteiger partial charge in [0, 0.05) is 32.1 Å². The van der Waals surface area contributed by atoms with E-state index in [0.717, 1.165) is 0 Å². The quantitative estimate of drug-likeness (QED) is 0.750. The van der Waals surface area contributed by atoms with Crippen molar-refractivity contribution in [1.82, 2.24) is 20.4 Å². The molecule has 1 fully saturated rings. The number of carboxylic acid groups (broad SMARTS) is 1. The van der Waals surface area contributed by atoms with Crippen molar-refractivity contribution in [2.24, 2.45) is 0 Å². The molecule has 1 aromatic rings. The monoisotopic (exact) mass is 270 g/mol. The van der Waals surface area contributed by atoms with E-state index in [0.29, 0.717) is 0 Å². The number of likely N-dealkylation sites (tertiary alicyclic amines) is 1. The van der Waals surface area contributed by atoms with Gasteiger partial charge < -0.3 is 15.3 Å². The first-order chi connectivity index (χ1) is 9.00. The van der Waals surface area contributed by atoms with E-state index in [1.54, 1.807) is 0 Å². The van der Waals surface area contributed by atoms with Crippen molar-refractivity contribution >= 4 is 12.0 Å². The summed E-state index contributed by atoms with van der Waals surface area (Å²) in [5, 5.41) is 17.4. The molecule has 3 N–H and O–H groups in total. The molecule has 1 aliphatic rings. The number of aromatic amines is 1. The highest BCUT2D eigenvalue weighted by Crippen LogP contribution is 2.25. The first-order valence-electron chi connectivity index (χ1n) is 5.94. The van der Waals surface area contributed by atoms with Gasteiger partial charge in [-0.1, -0.05) is 0 Å². The van der Waals surface area contributed by atoms with E-state index in [1.165, 1.54) is 17.2 Å². The minimum Gasteiger partial charge on any atom is -0.465 e. The van der Waals surface area contributed by atoms with E-state index >= 15 is 0 Å². The molecular formula is C11H15FN4O3. The van der Waals surface area contributed by atoms with Crippen molar-refractivity contribution < 1.29 is 19.1 Å². The van der Waals surface area contributed by atoms with Crippen molar-refractivity contribution in [3.8, 4) is 0 Å². The highest BCUT2D eigenvalue weighted by molar-refractivity contribution is 5.92. The smallest absolute Gasteiger partial charge is 0.407 e. The molecule has 0 saturated carbocycles. The van der Waals surface area contributed by atoms with E-state index < -0.39 is 17.7 Å². The summed E-state index contributed by atoms with van der Waals surface area (Å²) in [6, 6.07) is 1.49. The Bertz CT molecular complexity index is 455. The molecule has 104 valence electrons. The van der Waals surface area contributed by atoms with Gasteiger partial charge in [0.1, 0.15) is 11.4 Å². The normalized spacial score (nSPS) is 18.1. The second-order valence-electron chi connectivity index (χ2n) is 4.57. The highest BCUT2D eigenvalue weighted by atomic mass is 19.1. The number of halogens is 1. The lowest BCUT2D eigenvalue weighted by Gasteiger charge is -2.34. The molecule has 8 heteroatoms. The summed E-state index contributed by atoms with van der Waals surface area (Å²) in [5.41, 5.74) is -1.28. The van der Waals surface area contributed by atoms with Crippen molar-refractivity contribution in [3.63, 3.8) is 0 Å². The van der Waals surface area contributed by atoms with Crippen LogP contribution < -0.4 is 5.32 Å². The molecule has 0 atom stereocenters. The average molecular weight is 270 g/mol. The van der Waals surface area contributed by atoms with Crippen LogP contribution in [-0.2, 0) is 0 Å². The summed E-state index contributed by atoms with van der Waals surface area (Å²) in [6.07, 6.45) is 0.569. The molecule has 1 aliphatic heterocycles. The summed E-state index contributed by atoms with van der Waals surface area (Å²) < 4.78 is 14.4. The molecule has 1 aromatic heterocycles. The summed E-state index contributed by atoms with van der Waals surface area (Å²) in [4.78, 5) is 23.5. The van der Waals surface area contributed by atoms with Gasteiger partial charge in [0.2, 0.25) is 0 Å². The van der Waals surface area contributed by atoms with Gasteiger partial charge in [0.15, 0.2) is 0 Å². The highest BCUT2D eigenvalue weighted by Gasteiger charge is 2.36. The lowest BCUT2D eigenvalue weighted by atomic mass is 9.93. The molecule has 2 heterocycles. The number of H-pyrrole nitrogens is 1. The number of rotatable bonds is 3. The molecule has 1 saturated heterocycles. The number of carbonyl (C=O) groups excluding carboxylic acids is 1. The largest absolute Gasteiger partial charge is 0.465 e. The maximum atomic E-state index is 14.4. The van der Waals surface area contributed by atoms with Gasteiger partial charge in [-0.3, -0.25) is 9.89 Å². The number of amides is 2. The zero-order chi connectivity index (χ0) is 13.9. The number of hydrogen-bond donors (Lipinski definition) is 3. The first kappa shape index (κ1) is 13.3. The Kier molecular flexibility index (Phi) is 3.68. The molecule has 0 unspecified atom stereocenters. The van der Waals surface area contributed by atoms with E-state index in [-0.39, 0.29) is 38.2 Å². The maximum Gasteiger partial charge on any atom is 0.407 e. The number of piperidine rings is 1. The third-order valence-electron chi connectivity index (χ3n) is 3.24. The van der Waals surface area contributed by atoms with Gasteiger partial charge in [-0.05, 0) is 6.07 Å². The third kappa shape index (κ3) is 3.21. The number of nitrogens with one attached hydrogen (secondary N) is 2. The zero-order valence-electron chi connectivity index (χ0n) is 10.2. The lowest BCUT2D eigenvalue weighted by molar-refractivity contribution is 0.0536. The molecule has 0 aromatic carbocycles. The molecule has 7 nitrogen and oxygen atoms in total. The van der Waals surface area contributed by atoms with Crippen LogP contribution in [0.3, 0.4) is 0 Å². The van der Waals surface area contributed by atoms with Crippen LogP contribution in [-0.4, -0.2) is 57.5 Å². The van der Waals surface area contributed by atoms with Gasteiger partial charge in [-0.15, -0.1) is 0 Å². The Labute approximate surface area is 108 Å². The maximum absolute atomic E-state index is 14.4. The molecule has 19 heavy (non-hydrogen) atoms. The van der Waals surface area contributed by atoms with Gasteiger partial charge in [0.25, 0.3) is 5.91 Å². The lowest BCUT2D eigenvalue weighted by Crippen LogP contribution is -2.49. The van der Waals surface area contributed by atoms with Crippen LogP contribution in [0, 0.1) is 0 Å². The van der Waals surface area contributed by atoms with Crippen LogP contribution in [0.25, 0.3) is 0 Å². The third-order valence-corrected chi connectivity index (χ3v) is 3.24. The van der Waals surface area contributed by atoms with Gasteiger partial charge in [-0.25, -0.2) is 9.18 Å². The van der Waals surface area contributed by atoms with Gasteiger partial charge in [0.05, 0.1) is 6.54 Å². The van der Waals surface area contributed by atoms with Crippen LogP contribution in [0.1, 0.15) is 23.3 Å². The van der Waals surface area contributed by atoms with Crippen LogP contribution in [0.5, 0.6) is 0 Å². The molecule has 0 bridgehead atoms. The Morgan fingerprint density at radius 2 is 2.21 bits per heavy atom. The molecular weight excluding hydrogens is 255 g/mol. The molecule has 0 aliphatic carbocycles. The molecule has 2 rings (SSSR count). The summed E-state index contributed by atoms with van der Waals surface area (Å²) in [5.74, 6) is -0.421. The second kappa shape index (κ2) is 5.25. The Morgan fingerprint density at radius 1 is 1.53 bits per heavy atom. The summed E-state index contributed by atoms with van der Waals surface area (Å²) in [7, 11) is 0. The standard InChI is InChI=1S/C11H15FN4O3/c12-11(2-5-16(6-3-11)10(18)19)7-13-9(17)8-1-4-14-15-8/h1,4H,2-3,5-7H2,(H,13,17)(H,14,15)(H,18,19). The van der Waals surface area contributed by atoms with E-state index in [4.69, 9.17) is 5.11 Å². The van der Waals surface area contributed by atoms with Crippen LogP contribution in [0.2, 0.25) is 0 Å². The SMILES string of the molecule is O=C(NCC1(F)CCN(C(=O)O)CC1)c1ccn[nH]1.